The molecule has 3 N–H and O–H groups in total. The van der Waals surface area contributed by atoms with Crippen LogP contribution in [0.5, 0.6) is 0 Å². The molecule has 0 radical (unpaired) electrons. The van der Waals surface area contributed by atoms with E-state index in [4.69, 9.17) is 17.3 Å². The van der Waals surface area contributed by atoms with Crippen LogP contribution in [0.3, 0.4) is 0 Å². The third-order valence-corrected chi connectivity index (χ3v) is 4.16. The van der Waals surface area contributed by atoms with E-state index in [-0.39, 0.29) is 4.90 Å². The third kappa shape index (κ3) is 3.19. The molecule has 0 fully saturated rings. The predicted octanol–water partition coefficient (Wildman–Crippen LogP) is 3.03. The molecule has 0 saturated heterocycles. The number of hydrogen-bond donors (Lipinski definition) is 2. The highest BCUT2D eigenvalue weighted by molar-refractivity contribution is 7.92. The van der Waals surface area contributed by atoms with Gasteiger partial charge < -0.3 is 5.73 Å². The van der Waals surface area contributed by atoms with Crippen molar-refractivity contribution in [3.05, 3.63) is 53.1 Å². The highest BCUT2D eigenvalue weighted by Gasteiger charge is 2.15. The maximum atomic E-state index is 12.2. The molecule has 0 aliphatic carbocycles. The van der Waals surface area contributed by atoms with E-state index in [2.05, 4.69) is 4.72 Å². The average Bonchev–Trinajstić information content (AvgIpc) is 2.33. The number of nitrogens with two attached hydrogens (primary N) is 1. The number of benzene rings is 2. The lowest BCUT2D eigenvalue weighted by Crippen LogP contribution is -2.14. The molecule has 100 valence electrons. The van der Waals surface area contributed by atoms with Gasteiger partial charge in [0.1, 0.15) is 0 Å². The van der Waals surface area contributed by atoms with Gasteiger partial charge in [0.2, 0.25) is 0 Å². The second kappa shape index (κ2) is 5.11. The third-order valence-electron chi connectivity index (χ3n) is 2.56. The fraction of sp³-hybridized carbons (Fsp3) is 0.0769. The Labute approximate surface area is 117 Å². The Bertz CT molecular complexity index is 714. The zero-order valence-corrected chi connectivity index (χ0v) is 11.8. The van der Waals surface area contributed by atoms with Gasteiger partial charge in [0.05, 0.1) is 16.3 Å². The number of halogens is 1. The molecular formula is C13H13ClN2O2S. The van der Waals surface area contributed by atoms with Crippen molar-refractivity contribution in [3.8, 4) is 0 Å². The van der Waals surface area contributed by atoms with Crippen LogP contribution in [-0.4, -0.2) is 8.42 Å². The molecule has 0 saturated carbocycles. The van der Waals surface area contributed by atoms with E-state index in [0.29, 0.717) is 16.4 Å². The van der Waals surface area contributed by atoms with Crippen molar-refractivity contribution < 1.29 is 8.42 Å². The van der Waals surface area contributed by atoms with Gasteiger partial charge in [0.25, 0.3) is 10.0 Å². The standard InChI is InChI=1S/C13H13ClN2O2S/c1-9-5-6-13(12(15)7-9)16-19(17,18)11-4-2-3-10(14)8-11/h2-8,16H,15H2,1H3. The number of hydrogen-bond acceptors (Lipinski definition) is 3. The smallest absolute Gasteiger partial charge is 0.262 e. The van der Waals surface area contributed by atoms with Crippen LogP contribution in [-0.2, 0) is 10.0 Å². The molecule has 6 heteroatoms. The van der Waals surface area contributed by atoms with E-state index in [1.54, 1.807) is 30.3 Å². The Morgan fingerprint density at radius 1 is 1.16 bits per heavy atom. The summed E-state index contributed by atoms with van der Waals surface area (Å²) in [5, 5.41) is 0.361. The van der Waals surface area contributed by atoms with Crippen molar-refractivity contribution in [1.29, 1.82) is 0 Å². The Kier molecular flexibility index (Phi) is 3.68. The van der Waals surface area contributed by atoms with Gasteiger partial charge in [0.15, 0.2) is 0 Å². The summed E-state index contributed by atoms with van der Waals surface area (Å²) in [6.45, 7) is 1.88. The minimum Gasteiger partial charge on any atom is -0.397 e. The van der Waals surface area contributed by atoms with Gasteiger partial charge in [-0.2, -0.15) is 0 Å². The molecule has 2 aromatic carbocycles. The highest BCUT2D eigenvalue weighted by atomic mass is 35.5. The van der Waals surface area contributed by atoms with Gasteiger partial charge in [-0.3, -0.25) is 4.72 Å². The van der Waals surface area contributed by atoms with Crippen LogP contribution in [0.4, 0.5) is 11.4 Å². The van der Waals surface area contributed by atoms with Crippen LogP contribution >= 0.6 is 11.6 Å². The first-order chi connectivity index (χ1) is 8.88. The summed E-state index contributed by atoms with van der Waals surface area (Å²) in [6, 6.07) is 11.2. The summed E-state index contributed by atoms with van der Waals surface area (Å²) in [5.41, 5.74) is 7.48. The highest BCUT2D eigenvalue weighted by Crippen LogP contribution is 2.24. The molecule has 0 aromatic heterocycles. The van der Waals surface area contributed by atoms with Gasteiger partial charge in [-0.15, -0.1) is 0 Å². The number of nitrogen functional groups attached to an aromatic ring is 1. The number of nitrogens with one attached hydrogen (secondary N) is 1. The molecule has 2 aromatic rings. The van der Waals surface area contributed by atoms with Gasteiger partial charge in [-0.1, -0.05) is 23.7 Å². The molecule has 0 aliphatic heterocycles. The molecular weight excluding hydrogens is 284 g/mol. The summed E-state index contributed by atoms with van der Waals surface area (Å²) in [6.07, 6.45) is 0. The van der Waals surface area contributed by atoms with Crippen LogP contribution in [0.25, 0.3) is 0 Å². The Morgan fingerprint density at radius 3 is 2.53 bits per heavy atom. The summed E-state index contributed by atoms with van der Waals surface area (Å²) in [5.74, 6) is 0. The summed E-state index contributed by atoms with van der Waals surface area (Å²) in [7, 11) is -3.69. The average molecular weight is 297 g/mol. The summed E-state index contributed by atoms with van der Waals surface area (Å²) >= 11 is 5.79. The predicted molar refractivity (Wildman–Crippen MR) is 77.9 cm³/mol. The van der Waals surface area contributed by atoms with Gasteiger partial charge in [-0.05, 0) is 42.8 Å². The van der Waals surface area contributed by atoms with Crippen LogP contribution in [0.2, 0.25) is 5.02 Å². The Balaban J connectivity index is 2.36. The first kappa shape index (κ1) is 13.7. The fourth-order valence-electron chi connectivity index (χ4n) is 1.61. The number of rotatable bonds is 3. The number of anilines is 2. The molecule has 0 amide bonds. The van der Waals surface area contributed by atoms with Gasteiger partial charge >= 0.3 is 0 Å². The van der Waals surface area contributed by atoms with Gasteiger partial charge in [0, 0.05) is 5.02 Å². The molecule has 4 nitrogen and oxygen atoms in total. The second-order valence-electron chi connectivity index (χ2n) is 4.15. The van der Waals surface area contributed by atoms with Crippen LogP contribution in [0.1, 0.15) is 5.56 Å². The zero-order valence-electron chi connectivity index (χ0n) is 10.2. The maximum absolute atomic E-state index is 12.2. The van der Waals surface area contributed by atoms with Crippen molar-refractivity contribution >= 4 is 33.0 Å². The first-order valence-electron chi connectivity index (χ1n) is 5.53. The molecule has 0 spiro atoms. The van der Waals surface area contributed by atoms with Gasteiger partial charge in [-0.25, -0.2) is 8.42 Å². The van der Waals surface area contributed by atoms with E-state index in [0.717, 1.165) is 5.56 Å². The quantitative estimate of drug-likeness (QED) is 0.855. The topological polar surface area (TPSA) is 72.2 Å². The maximum Gasteiger partial charge on any atom is 0.262 e. The van der Waals surface area contributed by atoms with E-state index in [9.17, 15) is 8.42 Å². The fourth-order valence-corrected chi connectivity index (χ4v) is 3.00. The minimum absolute atomic E-state index is 0.0972. The molecule has 0 bridgehead atoms. The minimum atomic E-state index is -3.69. The lowest BCUT2D eigenvalue weighted by Gasteiger charge is -2.11. The Morgan fingerprint density at radius 2 is 1.89 bits per heavy atom. The SMILES string of the molecule is Cc1ccc(NS(=O)(=O)c2cccc(Cl)c2)c(N)c1. The molecule has 19 heavy (non-hydrogen) atoms. The lowest BCUT2D eigenvalue weighted by molar-refractivity contribution is 0.601. The number of aryl methyl sites for hydroxylation is 1. The van der Waals surface area contributed by atoms with Crippen molar-refractivity contribution in [2.45, 2.75) is 11.8 Å². The van der Waals surface area contributed by atoms with Crippen molar-refractivity contribution in [1.82, 2.24) is 0 Å². The van der Waals surface area contributed by atoms with E-state index in [1.807, 2.05) is 6.92 Å². The van der Waals surface area contributed by atoms with Crippen molar-refractivity contribution in [2.75, 3.05) is 10.5 Å². The summed E-state index contributed by atoms with van der Waals surface area (Å²) in [4.78, 5) is 0.0972. The zero-order chi connectivity index (χ0) is 14.0. The van der Waals surface area contributed by atoms with E-state index >= 15 is 0 Å². The monoisotopic (exact) mass is 296 g/mol. The molecule has 0 atom stereocenters. The van der Waals surface area contributed by atoms with E-state index < -0.39 is 10.0 Å². The molecule has 0 heterocycles. The van der Waals surface area contributed by atoms with Crippen molar-refractivity contribution in [2.24, 2.45) is 0 Å². The molecule has 0 unspecified atom stereocenters. The molecule has 2 rings (SSSR count). The van der Waals surface area contributed by atoms with Crippen LogP contribution in [0, 0.1) is 6.92 Å². The normalized spacial score (nSPS) is 11.3. The molecule has 0 aliphatic rings. The largest absolute Gasteiger partial charge is 0.397 e. The Hall–Kier alpha value is -1.72. The van der Waals surface area contributed by atoms with Crippen molar-refractivity contribution in [3.63, 3.8) is 0 Å². The summed E-state index contributed by atoms with van der Waals surface area (Å²) < 4.78 is 26.8. The second-order valence-corrected chi connectivity index (χ2v) is 6.27. The number of sulfonamides is 1. The first-order valence-corrected chi connectivity index (χ1v) is 7.39. The van der Waals surface area contributed by atoms with Crippen LogP contribution in [0.15, 0.2) is 47.4 Å². The van der Waals surface area contributed by atoms with E-state index in [1.165, 1.54) is 12.1 Å². The lowest BCUT2D eigenvalue weighted by atomic mass is 10.2. The van der Waals surface area contributed by atoms with Crippen LogP contribution < -0.4 is 10.5 Å².